The number of aliphatic imine (C=N–C) groups is 1. The first-order chi connectivity index (χ1) is 15.6. The molecule has 0 radical (unpaired) electrons. The highest BCUT2D eigenvalue weighted by Gasteiger charge is 2.24. The van der Waals surface area contributed by atoms with Crippen LogP contribution in [0.5, 0.6) is 0 Å². The lowest BCUT2D eigenvalue weighted by Gasteiger charge is -2.32. The number of carbonyl (C=O) groups excluding carboxylic acids is 1. The van der Waals surface area contributed by atoms with Gasteiger partial charge in [0.05, 0.1) is 18.8 Å². The van der Waals surface area contributed by atoms with Crippen LogP contribution in [0.1, 0.15) is 53.9 Å². The minimum atomic E-state index is 0. The number of benzene rings is 1. The van der Waals surface area contributed by atoms with Crippen molar-refractivity contribution in [2.45, 2.75) is 38.6 Å². The van der Waals surface area contributed by atoms with Gasteiger partial charge in [0.2, 0.25) is 0 Å². The zero-order chi connectivity index (χ0) is 22.8. The zero-order valence-electron chi connectivity index (χ0n) is 20.0. The summed E-state index contributed by atoms with van der Waals surface area (Å²) in [5.41, 5.74) is 1.85. The Morgan fingerprint density at radius 1 is 1.15 bits per heavy atom. The quantitative estimate of drug-likeness (QED) is 0.273. The topological polar surface area (TPSA) is 73.1 Å². The van der Waals surface area contributed by atoms with Gasteiger partial charge in [0.25, 0.3) is 5.91 Å². The molecule has 1 aliphatic heterocycles. The molecule has 1 aromatic carbocycles. The van der Waals surface area contributed by atoms with Crippen LogP contribution in [-0.4, -0.2) is 68.5 Å². The first kappa shape index (κ1) is 27.2. The fraction of sp³-hybridized carbons (Fsp3) is 0.520. The van der Waals surface area contributed by atoms with E-state index in [4.69, 9.17) is 9.41 Å². The molecule has 1 atom stereocenters. The van der Waals surface area contributed by atoms with Crippen LogP contribution in [0.4, 0.5) is 0 Å². The van der Waals surface area contributed by atoms with Crippen molar-refractivity contribution in [3.05, 3.63) is 59.5 Å². The van der Waals surface area contributed by atoms with Crippen LogP contribution in [0, 0.1) is 0 Å². The Kier molecular flexibility index (Phi) is 11.7. The van der Waals surface area contributed by atoms with E-state index in [1.165, 1.54) is 19.3 Å². The van der Waals surface area contributed by atoms with Gasteiger partial charge < -0.3 is 20.0 Å². The van der Waals surface area contributed by atoms with E-state index in [0.29, 0.717) is 6.54 Å². The van der Waals surface area contributed by atoms with Crippen molar-refractivity contribution in [3.63, 3.8) is 0 Å². The number of furan rings is 1. The average Bonchev–Trinajstić information content (AvgIpc) is 3.34. The summed E-state index contributed by atoms with van der Waals surface area (Å²) in [5.74, 6) is 1.81. The molecule has 1 unspecified atom stereocenters. The molecule has 1 saturated heterocycles. The highest BCUT2D eigenvalue weighted by molar-refractivity contribution is 14.0. The smallest absolute Gasteiger partial charge is 0.253 e. The normalized spacial score (nSPS) is 15.4. The predicted molar refractivity (Wildman–Crippen MR) is 144 cm³/mol. The lowest BCUT2D eigenvalue weighted by molar-refractivity contribution is 0.0827. The minimum Gasteiger partial charge on any atom is -0.468 e. The summed E-state index contributed by atoms with van der Waals surface area (Å²) in [6.07, 6.45) is 6.32. The molecule has 0 spiro atoms. The molecule has 33 heavy (non-hydrogen) atoms. The van der Waals surface area contributed by atoms with Crippen molar-refractivity contribution >= 4 is 35.8 Å². The third-order valence-corrected chi connectivity index (χ3v) is 5.76. The third-order valence-electron chi connectivity index (χ3n) is 5.76. The van der Waals surface area contributed by atoms with Crippen LogP contribution >= 0.6 is 24.0 Å². The SMILES string of the molecule is CCNC(=NCC(c1ccco1)N1CCCCC1)NCCc1cccc(C(=O)N(C)C)c1.I. The van der Waals surface area contributed by atoms with Crippen molar-refractivity contribution in [1.82, 2.24) is 20.4 Å². The van der Waals surface area contributed by atoms with Crippen molar-refractivity contribution in [2.24, 2.45) is 4.99 Å². The van der Waals surface area contributed by atoms with Gasteiger partial charge in [-0.1, -0.05) is 18.6 Å². The molecule has 0 bridgehead atoms. The van der Waals surface area contributed by atoms with Crippen LogP contribution in [0.2, 0.25) is 0 Å². The Hall–Kier alpha value is -2.07. The summed E-state index contributed by atoms with van der Waals surface area (Å²) in [6.45, 7) is 6.44. The zero-order valence-corrected chi connectivity index (χ0v) is 22.4. The standard InChI is InChI=1S/C25H37N5O2.HI/c1-4-26-25(27-14-13-20-10-8-11-21(18-20)24(31)29(2)3)28-19-22(23-12-9-17-32-23)30-15-6-5-7-16-30;/h8-12,17-18,22H,4-7,13-16,19H2,1-3H3,(H2,26,27,28);1H. The number of piperidine rings is 1. The number of rotatable bonds is 9. The number of guanidine groups is 1. The Balaban J connectivity index is 0.00000385. The number of likely N-dealkylation sites (tertiary alicyclic amines) is 1. The molecule has 1 fully saturated rings. The van der Waals surface area contributed by atoms with E-state index < -0.39 is 0 Å². The van der Waals surface area contributed by atoms with Gasteiger partial charge in [0, 0.05) is 32.7 Å². The van der Waals surface area contributed by atoms with E-state index in [2.05, 4.69) is 34.6 Å². The monoisotopic (exact) mass is 567 g/mol. The largest absolute Gasteiger partial charge is 0.468 e. The second-order valence-electron chi connectivity index (χ2n) is 8.42. The third kappa shape index (κ3) is 8.33. The van der Waals surface area contributed by atoms with Gasteiger partial charge in [-0.3, -0.25) is 14.7 Å². The molecule has 1 amide bonds. The highest BCUT2D eigenvalue weighted by Crippen LogP contribution is 2.25. The molecule has 2 heterocycles. The van der Waals surface area contributed by atoms with Gasteiger partial charge in [-0.15, -0.1) is 24.0 Å². The number of halogens is 1. The van der Waals surface area contributed by atoms with Crippen LogP contribution in [0.25, 0.3) is 0 Å². The number of nitrogens with zero attached hydrogens (tertiary/aromatic N) is 3. The van der Waals surface area contributed by atoms with E-state index in [9.17, 15) is 4.79 Å². The molecule has 3 rings (SSSR count). The van der Waals surface area contributed by atoms with Crippen LogP contribution in [0.15, 0.2) is 52.1 Å². The molecule has 7 nitrogen and oxygen atoms in total. The molecule has 1 aromatic heterocycles. The van der Waals surface area contributed by atoms with Gasteiger partial charge >= 0.3 is 0 Å². The number of carbonyl (C=O) groups is 1. The van der Waals surface area contributed by atoms with Gasteiger partial charge in [0.15, 0.2) is 5.96 Å². The van der Waals surface area contributed by atoms with Crippen molar-refractivity contribution < 1.29 is 9.21 Å². The Morgan fingerprint density at radius 2 is 1.94 bits per heavy atom. The first-order valence-corrected chi connectivity index (χ1v) is 11.7. The van der Waals surface area contributed by atoms with E-state index >= 15 is 0 Å². The molecule has 182 valence electrons. The molecule has 2 N–H and O–H groups in total. The van der Waals surface area contributed by atoms with Gasteiger partial charge in [-0.05, 0) is 69.1 Å². The fourth-order valence-electron chi connectivity index (χ4n) is 4.06. The van der Waals surface area contributed by atoms with E-state index in [1.807, 2.05) is 24.3 Å². The first-order valence-electron chi connectivity index (χ1n) is 11.7. The predicted octanol–water partition coefficient (Wildman–Crippen LogP) is 3.92. The lowest BCUT2D eigenvalue weighted by atomic mass is 10.1. The van der Waals surface area contributed by atoms with Crippen LogP contribution < -0.4 is 10.6 Å². The van der Waals surface area contributed by atoms with Gasteiger partial charge in [-0.25, -0.2) is 0 Å². The molecular formula is C25H38IN5O2. The van der Waals surface area contributed by atoms with E-state index in [1.54, 1.807) is 25.3 Å². The number of hydrogen-bond acceptors (Lipinski definition) is 4. The maximum absolute atomic E-state index is 12.2. The maximum Gasteiger partial charge on any atom is 0.253 e. The average molecular weight is 568 g/mol. The van der Waals surface area contributed by atoms with E-state index in [0.717, 1.165) is 55.4 Å². The fourth-order valence-corrected chi connectivity index (χ4v) is 4.06. The lowest BCUT2D eigenvalue weighted by Crippen LogP contribution is -2.40. The summed E-state index contributed by atoms with van der Waals surface area (Å²) in [5, 5.41) is 6.78. The summed E-state index contributed by atoms with van der Waals surface area (Å²) >= 11 is 0. The number of nitrogens with one attached hydrogen (secondary N) is 2. The summed E-state index contributed by atoms with van der Waals surface area (Å²) < 4.78 is 5.74. The van der Waals surface area contributed by atoms with Gasteiger partial charge in [-0.2, -0.15) is 0 Å². The Labute approximate surface area is 215 Å². The van der Waals surface area contributed by atoms with Gasteiger partial charge in [0.1, 0.15) is 5.76 Å². The molecule has 0 saturated carbocycles. The molecule has 1 aliphatic rings. The maximum atomic E-state index is 12.2. The Morgan fingerprint density at radius 3 is 2.61 bits per heavy atom. The van der Waals surface area contributed by atoms with Crippen molar-refractivity contribution in [3.8, 4) is 0 Å². The molecule has 8 heteroatoms. The van der Waals surface area contributed by atoms with Crippen molar-refractivity contribution in [2.75, 3.05) is 46.8 Å². The summed E-state index contributed by atoms with van der Waals surface area (Å²) in [6, 6.07) is 12.0. The number of amides is 1. The summed E-state index contributed by atoms with van der Waals surface area (Å²) in [7, 11) is 3.55. The van der Waals surface area contributed by atoms with Crippen LogP contribution in [0.3, 0.4) is 0 Å². The summed E-state index contributed by atoms with van der Waals surface area (Å²) in [4.78, 5) is 21.2. The van der Waals surface area contributed by atoms with Crippen LogP contribution in [-0.2, 0) is 6.42 Å². The van der Waals surface area contributed by atoms with Crippen molar-refractivity contribution in [1.29, 1.82) is 0 Å². The molecule has 2 aromatic rings. The second kappa shape index (κ2) is 14.2. The second-order valence-corrected chi connectivity index (χ2v) is 8.42. The highest BCUT2D eigenvalue weighted by atomic mass is 127. The minimum absolute atomic E-state index is 0. The Bertz CT molecular complexity index is 863. The number of hydrogen-bond donors (Lipinski definition) is 2. The molecular weight excluding hydrogens is 529 g/mol. The van der Waals surface area contributed by atoms with E-state index in [-0.39, 0.29) is 35.9 Å². The molecule has 0 aliphatic carbocycles.